The maximum absolute atomic E-state index is 12.2. The van der Waals surface area contributed by atoms with Gasteiger partial charge >= 0.3 is 0 Å². The molecular weight excluding hydrogens is 336 g/mol. The molecule has 1 N–H and O–H groups in total. The van der Waals surface area contributed by atoms with Crippen LogP contribution in [0.25, 0.3) is 0 Å². The topological polar surface area (TPSA) is 47.9 Å². The molecule has 2 aromatic carbocycles. The Morgan fingerprint density at radius 2 is 1.67 bits per heavy atom. The summed E-state index contributed by atoms with van der Waals surface area (Å²) in [4.78, 5) is 16.9. The van der Waals surface area contributed by atoms with Crippen molar-refractivity contribution in [1.82, 2.24) is 15.2 Å². The molecule has 1 aliphatic rings. The molecule has 3 rings (SSSR count). The molecule has 1 fully saturated rings. The summed E-state index contributed by atoms with van der Waals surface area (Å²) in [6.45, 7) is 7.46. The average molecular weight is 364 g/mol. The fourth-order valence-electron chi connectivity index (χ4n) is 3.49. The maximum Gasteiger partial charge on any atom is 0.254 e. The summed E-state index contributed by atoms with van der Waals surface area (Å²) in [6, 6.07) is 20.3. The van der Waals surface area contributed by atoms with E-state index in [1.165, 1.54) is 5.56 Å². The molecule has 1 amide bonds. The van der Waals surface area contributed by atoms with E-state index in [1.807, 2.05) is 30.3 Å². The third-order valence-corrected chi connectivity index (χ3v) is 4.69. The van der Waals surface area contributed by atoms with Crippen LogP contribution in [-0.4, -0.2) is 54.6 Å². The molecule has 0 saturated carbocycles. The summed E-state index contributed by atoms with van der Waals surface area (Å²) in [5.41, 5.74) is 4.95. The molecule has 5 heteroatoms. The third-order valence-electron chi connectivity index (χ3n) is 4.69. The number of carbonyl (C=O) groups excluding carboxylic acids is 1. The molecule has 5 nitrogen and oxygen atoms in total. The van der Waals surface area contributed by atoms with Gasteiger partial charge in [-0.15, -0.1) is 0 Å². The van der Waals surface area contributed by atoms with Crippen LogP contribution in [-0.2, 0) is 11.3 Å². The maximum atomic E-state index is 12.2. The van der Waals surface area contributed by atoms with E-state index in [0.717, 1.165) is 38.3 Å². The van der Waals surface area contributed by atoms with E-state index in [4.69, 9.17) is 0 Å². The van der Waals surface area contributed by atoms with Gasteiger partial charge in [0.2, 0.25) is 0 Å². The summed E-state index contributed by atoms with van der Waals surface area (Å²) in [5.74, 6) is 0.461. The van der Waals surface area contributed by atoms with Crippen LogP contribution in [0.2, 0.25) is 0 Å². The largest absolute Gasteiger partial charge is 0.298 e. The lowest BCUT2D eigenvalue weighted by Crippen LogP contribution is -2.38. The first-order chi connectivity index (χ1) is 13.2. The highest BCUT2D eigenvalue weighted by molar-refractivity contribution is 5.83. The minimum atomic E-state index is -0.0640. The predicted molar refractivity (Wildman–Crippen MR) is 110 cm³/mol. The number of hydrogen-bond donors (Lipinski definition) is 1. The summed E-state index contributed by atoms with van der Waals surface area (Å²) in [6.07, 6.45) is 1.67. The number of benzene rings is 2. The van der Waals surface area contributed by atoms with Crippen molar-refractivity contribution in [2.24, 2.45) is 11.0 Å². The van der Waals surface area contributed by atoms with Gasteiger partial charge in [0.05, 0.1) is 12.8 Å². The van der Waals surface area contributed by atoms with Gasteiger partial charge in [-0.2, -0.15) is 5.10 Å². The third kappa shape index (κ3) is 6.62. The van der Waals surface area contributed by atoms with Crippen molar-refractivity contribution in [1.29, 1.82) is 0 Å². The second-order valence-corrected chi connectivity index (χ2v) is 7.26. The van der Waals surface area contributed by atoms with E-state index in [1.54, 1.807) is 6.21 Å². The first-order valence-corrected chi connectivity index (χ1v) is 9.54. The lowest BCUT2D eigenvalue weighted by atomic mass is 10.1. The molecule has 1 aliphatic heterocycles. The highest BCUT2D eigenvalue weighted by Gasteiger charge is 2.21. The lowest BCUT2D eigenvalue weighted by molar-refractivity contribution is -0.122. The van der Waals surface area contributed by atoms with Crippen LogP contribution < -0.4 is 5.43 Å². The van der Waals surface area contributed by atoms with E-state index in [-0.39, 0.29) is 5.91 Å². The van der Waals surface area contributed by atoms with Gasteiger partial charge in [-0.1, -0.05) is 67.6 Å². The van der Waals surface area contributed by atoms with Gasteiger partial charge in [0.15, 0.2) is 0 Å². The molecule has 0 spiro atoms. The van der Waals surface area contributed by atoms with Crippen molar-refractivity contribution in [3.8, 4) is 0 Å². The van der Waals surface area contributed by atoms with Crippen molar-refractivity contribution in [3.05, 3.63) is 71.8 Å². The van der Waals surface area contributed by atoms with E-state index in [9.17, 15) is 4.79 Å². The first-order valence-electron chi connectivity index (χ1n) is 9.54. The quantitative estimate of drug-likeness (QED) is 0.633. The van der Waals surface area contributed by atoms with Gasteiger partial charge in [-0.3, -0.25) is 14.6 Å². The van der Waals surface area contributed by atoms with Crippen LogP contribution in [0, 0.1) is 5.92 Å². The number of nitrogens with zero attached hydrogens (tertiary/aromatic N) is 3. The highest BCUT2D eigenvalue weighted by Crippen LogP contribution is 2.12. The Labute approximate surface area is 161 Å². The number of amides is 1. The Kier molecular flexibility index (Phi) is 7.13. The molecule has 27 heavy (non-hydrogen) atoms. The summed E-state index contributed by atoms with van der Waals surface area (Å²) < 4.78 is 0. The minimum absolute atomic E-state index is 0.0640. The molecule has 0 aliphatic carbocycles. The van der Waals surface area contributed by atoms with E-state index in [0.29, 0.717) is 12.5 Å². The van der Waals surface area contributed by atoms with Gasteiger partial charge in [-0.25, -0.2) is 5.43 Å². The Bertz CT molecular complexity index is 732. The molecule has 1 heterocycles. The standard InChI is InChI=1S/C22H28N4O/c1-19-15-25(17-21-10-6-3-7-11-21)12-13-26(16-19)18-22(27)24-23-14-20-8-4-2-5-9-20/h2-11,14,19H,12-13,15-18H2,1H3,(H,24,27)/b23-14+. The van der Waals surface area contributed by atoms with Gasteiger partial charge < -0.3 is 0 Å². The fourth-order valence-corrected chi connectivity index (χ4v) is 3.49. The summed E-state index contributed by atoms with van der Waals surface area (Å²) in [5, 5.41) is 4.06. The normalized spacial score (nSPS) is 19.1. The first kappa shape index (κ1) is 19.3. The van der Waals surface area contributed by atoms with Crippen LogP contribution in [0.3, 0.4) is 0 Å². The molecule has 0 aromatic heterocycles. The second kappa shape index (κ2) is 10.00. The molecule has 2 aromatic rings. The molecular formula is C22H28N4O. The van der Waals surface area contributed by atoms with Gasteiger partial charge in [0.1, 0.15) is 0 Å². The monoisotopic (exact) mass is 364 g/mol. The van der Waals surface area contributed by atoms with Crippen LogP contribution >= 0.6 is 0 Å². The van der Waals surface area contributed by atoms with Crippen molar-refractivity contribution in [3.63, 3.8) is 0 Å². The SMILES string of the molecule is CC1CN(CC(=O)N/N=C/c2ccccc2)CCN(Cc2ccccc2)C1. The smallest absolute Gasteiger partial charge is 0.254 e. The molecule has 0 bridgehead atoms. The molecule has 1 unspecified atom stereocenters. The number of hydrogen-bond acceptors (Lipinski definition) is 4. The van der Waals surface area contributed by atoms with Crippen LogP contribution in [0.15, 0.2) is 65.8 Å². The zero-order chi connectivity index (χ0) is 18.9. The second-order valence-electron chi connectivity index (χ2n) is 7.26. The van der Waals surface area contributed by atoms with Gasteiger partial charge in [-0.05, 0) is 17.0 Å². The van der Waals surface area contributed by atoms with E-state index >= 15 is 0 Å². The average Bonchev–Trinajstić information content (AvgIpc) is 2.84. The summed E-state index contributed by atoms with van der Waals surface area (Å²) in [7, 11) is 0. The highest BCUT2D eigenvalue weighted by atomic mass is 16.2. The number of hydrazone groups is 1. The van der Waals surface area contributed by atoms with Crippen molar-refractivity contribution < 1.29 is 4.79 Å². The predicted octanol–water partition coefficient (Wildman–Crippen LogP) is 2.59. The Morgan fingerprint density at radius 3 is 2.41 bits per heavy atom. The Balaban J connectivity index is 1.46. The van der Waals surface area contributed by atoms with E-state index in [2.05, 4.69) is 57.6 Å². The van der Waals surface area contributed by atoms with E-state index < -0.39 is 0 Å². The Morgan fingerprint density at radius 1 is 1.04 bits per heavy atom. The van der Waals surface area contributed by atoms with Crippen molar-refractivity contribution >= 4 is 12.1 Å². The fraction of sp³-hybridized carbons (Fsp3) is 0.364. The molecule has 1 saturated heterocycles. The van der Waals surface area contributed by atoms with Gasteiger partial charge in [0.25, 0.3) is 5.91 Å². The zero-order valence-corrected chi connectivity index (χ0v) is 15.9. The Hall–Kier alpha value is -2.50. The summed E-state index contributed by atoms with van der Waals surface area (Å²) >= 11 is 0. The van der Waals surface area contributed by atoms with Crippen LogP contribution in [0.5, 0.6) is 0 Å². The van der Waals surface area contributed by atoms with Crippen LogP contribution in [0.1, 0.15) is 18.1 Å². The number of carbonyl (C=O) groups is 1. The molecule has 142 valence electrons. The zero-order valence-electron chi connectivity index (χ0n) is 15.9. The van der Waals surface area contributed by atoms with Gasteiger partial charge in [0, 0.05) is 32.7 Å². The minimum Gasteiger partial charge on any atom is -0.298 e. The van der Waals surface area contributed by atoms with Crippen molar-refractivity contribution in [2.45, 2.75) is 13.5 Å². The van der Waals surface area contributed by atoms with Crippen LogP contribution in [0.4, 0.5) is 0 Å². The molecule has 1 atom stereocenters. The lowest BCUT2D eigenvalue weighted by Gasteiger charge is -2.21. The van der Waals surface area contributed by atoms with Crippen molar-refractivity contribution in [2.75, 3.05) is 32.7 Å². The molecule has 0 radical (unpaired) electrons. The number of rotatable bonds is 6. The number of nitrogens with one attached hydrogen (secondary N) is 1.